The Morgan fingerprint density at radius 2 is 1.80 bits per heavy atom. The minimum absolute atomic E-state index is 0.0226. The number of nitrogen functional groups attached to an aromatic ring is 1. The van der Waals surface area contributed by atoms with Crippen molar-refractivity contribution in [3.05, 3.63) is 77.5 Å². The van der Waals surface area contributed by atoms with Gasteiger partial charge in [-0.2, -0.15) is 0 Å². The lowest BCUT2D eigenvalue weighted by Crippen LogP contribution is -2.07. The van der Waals surface area contributed by atoms with Gasteiger partial charge in [0.25, 0.3) is 0 Å². The molecule has 0 bridgehead atoms. The summed E-state index contributed by atoms with van der Waals surface area (Å²) < 4.78 is 0. The van der Waals surface area contributed by atoms with Crippen molar-refractivity contribution in [2.24, 2.45) is 0 Å². The highest BCUT2D eigenvalue weighted by molar-refractivity contribution is 6.08. The number of aryl methyl sites for hydroxylation is 1. The molecule has 4 heteroatoms. The third-order valence-electron chi connectivity index (χ3n) is 4.62. The van der Waals surface area contributed by atoms with Gasteiger partial charge in [-0.1, -0.05) is 42.5 Å². The molecule has 0 spiro atoms. The SMILES string of the molecule is Cc1ccc2c(c1)nc(N)c1ncc(C(CO)c3ccccc3)cc12. The first-order valence-corrected chi connectivity index (χ1v) is 8.28. The number of pyridine rings is 2. The van der Waals surface area contributed by atoms with Crippen LogP contribution in [0, 0.1) is 6.92 Å². The Morgan fingerprint density at radius 1 is 1.00 bits per heavy atom. The molecule has 3 N–H and O–H groups in total. The first kappa shape index (κ1) is 15.5. The lowest BCUT2D eigenvalue weighted by atomic mass is 9.92. The molecule has 0 aliphatic rings. The number of aliphatic hydroxyl groups excluding tert-OH is 1. The van der Waals surface area contributed by atoms with Gasteiger partial charge < -0.3 is 10.8 Å². The Hall–Kier alpha value is -2.98. The van der Waals surface area contributed by atoms with E-state index in [0.717, 1.165) is 33.0 Å². The van der Waals surface area contributed by atoms with Gasteiger partial charge in [0.2, 0.25) is 0 Å². The quantitative estimate of drug-likeness (QED) is 0.561. The summed E-state index contributed by atoms with van der Waals surface area (Å²) in [6.45, 7) is 2.06. The van der Waals surface area contributed by atoms with Gasteiger partial charge >= 0.3 is 0 Å². The molecule has 0 amide bonds. The molecule has 124 valence electrons. The molecule has 2 heterocycles. The van der Waals surface area contributed by atoms with Crippen molar-refractivity contribution in [3.63, 3.8) is 0 Å². The zero-order valence-electron chi connectivity index (χ0n) is 14.0. The molecule has 4 aromatic rings. The topological polar surface area (TPSA) is 72.0 Å². The molecule has 0 aliphatic heterocycles. The Kier molecular flexibility index (Phi) is 3.82. The molecule has 2 aromatic carbocycles. The van der Waals surface area contributed by atoms with Gasteiger partial charge in [0.15, 0.2) is 5.82 Å². The van der Waals surface area contributed by atoms with E-state index in [4.69, 9.17) is 5.73 Å². The standard InChI is InChI=1S/C21H19N3O/c1-13-7-8-16-17-10-15(18(12-25)14-5-3-2-4-6-14)11-23-20(17)21(22)24-19(16)9-13/h2-11,18,25H,12H2,1H3,(H2,22,24). The molecule has 1 atom stereocenters. The van der Waals surface area contributed by atoms with E-state index in [1.807, 2.05) is 43.3 Å². The number of fused-ring (bicyclic) bond motifs is 3. The molecule has 0 radical (unpaired) electrons. The maximum Gasteiger partial charge on any atom is 0.150 e. The summed E-state index contributed by atoms with van der Waals surface area (Å²) in [4.78, 5) is 9.03. The minimum Gasteiger partial charge on any atom is -0.395 e. The van der Waals surface area contributed by atoms with Crippen LogP contribution >= 0.6 is 0 Å². The fourth-order valence-corrected chi connectivity index (χ4v) is 3.31. The van der Waals surface area contributed by atoms with Crippen molar-refractivity contribution in [1.82, 2.24) is 9.97 Å². The molecule has 0 aliphatic carbocycles. The van der Waals surface area contributed by atoms with Crippen molar-refractivity contribution >= 4 is 27.6 Å². The van der Waals surface area contributed by atoms with Crippen LogP contribution in [0.2, 0.25) is 0 Å². The van der Waals surface area contributed by atoms with Crippen molar-refractivity contribution < 1.29 is 5.11 Å². The molecule has 25 heavy (non-hydrogen) atoms. The van der Waals surface area contributed by atoms with Crippen LogP contribution in [0.15, 0.2) is 60.8 Å². The van der Waals surface area contributed by atoms with Crippen LogP contribution in [0.3, 0.4) is 0 Å². The second-order valence-corrected chi connectivity index (χ2v) is 6.33. The van der Waals surface area contributed by atoms with Gasteiger partial charge in [0, 0.05) is 22.9 Å². The van der Waals surface area contributed by atoms with Crippen molar-refractivity contribution in [2.75, 3.05) is 12.3 Å². The largest absolute Gasteiger partial charge is 0.395 e. The molecule has 0 saturated carbocycles. The molecule has 4 rings (SSSR count). The Morgan fingerprint density at radius 3 is 2.56 bits per heavy atom. The molecule has 0 saturated heterocycles. The van der Waals surface area contributed by atoms with Gasteiger partial charge in [-0.15, -0.1) is 0 Å². The second-order valence-electron chi connectivity index (χ2n) is 6.33. The predicted molar refractivity (Wildman–Crippen MR) is 102 cm³/mol. The highest BCUT2D eigenvalue weighted by Crippen LogP contribution is 2.31. The summed E-state index contributed by atoms with van der Waals surface area (Å²) in [7, 11) is 0. The number of benzene rings is 2. The lowest BCUT2D eigenvalue weighted by Gasteiger charge is -2.16. The predicted octanol–water partition coefficient (Wildman–Crippen LogP) is 3.80. The first-order chi connectivity index (χ1) is 12.2. The van der Waals surface area contributed by atoms with E-state index in [0.29, 0.717) is 11.3 Å². The van der Waals surface area contributed by atoms with Crippen LogP contribution in [0.4, 0.5) is 5.82 Å². The Balaban J connectivity index is 1.96. The maximum absolute atomic E-state index is 9.94. The van der Waals surface area contributed by atoms with E-state index < -0.39 is 0 Å². The minimum atomic E-state index is -0.118. The number of aliphatic hydroxyl groups is 1. The zero-order valence-corrected chi connectivity index (χ0v) is 14.0. The van der Waals surface area contributed by atoms with Crippen LogP contribution in [0.25, 0.3) is 21.8 Å². The van der Waals surface area contributed by atoms with E-state index in [2.05, 4.69) is 28.2 Å². The average molecular weight is 329 g/mol. The van der Waals surface area contributed by atoms with Crippen LogP contribution in [-0.2, 0) is 0 Å². The number of hydrogen-bond acceptors (Lipinski definition) is 4. The summed E-state index contributed by atoms with van der Waals surface area (Å²) >= 11 is 0. The van der Waals surface area contributed by atoms with E-state index >= 15 is 0 Å². The molecule has 0 fully saturated rings. The molecule has 1 unspecified atom stereocenters. The van der Waals surface area contributed by atoms with Crippen LogP contribution < -0.4 is 5.73 Å². The lowest BCUT2D eigenvalue weighted by molar-refractivity contribution is 0.280. The molecule has 4 nitrogen and oxygen atoms in total. The molecule has 2 aromatic heterocycles. The number of hydrogen-bond donors (Lipinski definition) is 2. The Bertz CT molecular complexity index is 1060. The zero-order chi connectivity index (χ0) is 17.4. The van der Waals surface area contributed by atoms with Crippen LogP contribution in [-0.4, -0.2) is 21.7 Å². The molecular formula is C21H19N3O. The number of rotatable bonds is 3. The van der Waals surface area contributed by atoms with Gasteiger partial charge in [-0.25, -0.2) is 4.98 Å². The smallest absolute Gasteiger partial charge is 0.150 e. The number of anilines is 1. The van der Waals surface area contributed by atoms with Gasteiger partial charge in [-0.05, 0) is 35.7 Å². The van der Waals surface area contributed by atoms with Crippen LogP contribution in [0.1, 0.15) is 22.6 Å². The summed E-state index contributed by atoms with van der Waals surface area (Å²) in [5, 5.41) is 11.9. The van der Waals surface area contributed by atoms with Gasteiger partial charge in [0.05, 0.1) is 12.1 Å². The van der Waals surface area contributed by atoms with E-state index in [9.17, 15) is 5.11 Å². The average Bonchev–Trinajstić information content (AvgIpc) is 2.63. The van der Waals surface area contributed by atoms with Gasteiger partial charge in [0.1, 0.15) is 5.52 Å². The fraction of sp³-hybridized carbons (Fsp3) is 0.143. The summed E-state index contributed by atoms with van der Waals surface area (Å²) in [5.41, 5.74) is 10.9. The van der Waals surface area contributed by atoms with Crippen molar-refractivity contribution in [3.8, 4) is 0 Å². The first-order valence-electron chi connectivity index (χ1n) is 8.28. The Labute approximate surface area is 146 Å². The fourth-order valence-electron chi connectivity index (χ4n) is 3.31. The van der Waals surface area contributed by atoms with E-state index in [1.165, 1.54) is 0 Å². The summed E-state index contributed by atoms with van der Waals surface area (Å²) in [5.74, 6) is 0.313. The number of nitrogens with zero attached hydrogens (tertiary/aromatic N) is 2. The summed E-state index contributed by atoms with van der Waals surface area (Å²) in [6, 6.07) is 18.2. The van der Waals surface area contributed by atoms with Crippen molar-refractivity contribution in [2.45, 2.75) is 12.8 Å². The number of aromatic nitrogens is 2. The summed E-state index contributed by atoms with van der Waals surface area (Å²) in [6.07, 6.45) is 1.79. The maximum atomic E-state index is 9.94. The van der Waals surface area contributed by atoms with E-state index in [-0.39, 0.29) is 12.5 Å². The van der Waals surface area contributed by atoms with Crippen LogP contribution in [0.5, 0.6) is 0 Å². The van der Waals surface area contributed by atoms with E-state index in [1.54, 1.807) is 6.20 Å². The molecular weight excluding hydrogens is 310 g/mol. The monoisotopic (exact) mass is 329 g/mol. The third kappa shape index (κ3) is 2.71. The van der Waals surface area contributed by atoms with Crippen molar-refractivity contribution in [1.29, 1.82) is 0 Å². The highest BCUT2D eigenvalue weighted by atomic mass is 16.3. The normalized spacial score (nSPS) is 12.6. The number of nitrogens with two attached hydrogens (primary N) is 1. The van der Waals surface area contributed by atoms with Gasteiger partial charge in [-0.3, -0.25) is 4.98 Å². The third-order valence-corrected chi connectivity index (χ3v) is 4.62. The highest BCUT2D eigenvalue weighted by Gasteiger charge is 2.16. The second kappa shape index (κ2) is 6.15.